The van der Waals surface area contributed by atoms with Gasteiger partial charge in [-0.3, -0.25) is 4.79 Å². The third-order valence-corrected chi connectivity index (χ3v) is 5.78. The molecule has 8 nitrogen and oxygen atoms in total. The summed E-state index contributed by atoms with van der Waals surface area (Å²) in [5.74, 6) is 0.344. The number of halogens is 3. The fourth-order valence-electron chi connectivity index (χ4n) is 3.68. The Labute approximate surface area is 203 Å². The van der Waals surface area contributed by atoms with Crippen molar-refractivity contribution in [2.24, 2.45) is 0 Å². The van der Waals surface area contributed by atoms with Crippen LogP contribution in [0.1, 0.15) is 43.6 Å². The van der Waals surface area contributed by atoms with E-state index in [1.165, 1.54) is 11.0 Å². The molecule has 35 heavy (non-hydrogen) atoms. The van der Waals surface area contributed by atoms with Crippen molar-refractivity contribution in [3.63, 3.8) is 0 Å². The number of likely N-dealkylation sites (N-methyl/N-ethyl adjacent to an activating group) is 1. The van der Waals surface area contributed by atoms with Crippen molar-refractivity contribution in [3.05, 3.63) is 47.9 Å². The third kappa shape index (κ3) is 6.89. The number of hydrogen-bond donors (Lipinski definition) is 0. The van der Waals surface area contributed by atoms with Crippen LogP contribution in [0.4, 0.5) is 23.8 Å². The first-order valence-electron chi connectivity index (χ1n) is 11.4. The van der Waals surface area contributed by atoms with Crippen LogP contribution in [0.25, 0.3) is 0 Å². The standard InChI is InChI=1S/C24H32F3N5O3/c1-17(29(5)22(34)35-23(2,3)4)15-30-9-8-18(16-30)21(33)32-12-10-31(11-13-32)20-7-6-19(14-28-20)24(25,26)27/h6-9,14,16-17H,10-13,15H2,1-5H3/t17-/m0/s1. The zero-order valence-corrected chi connectivity index (χ0v) is 20.7. The summed E-state index contributed by atoms with van der Waals surface area (Å²) >= 11 is 0. The molecule has 2 aromatic heterocycles. The van der Waals surface area contributed by atoms with E-state index in [4.69, 9.17) is 4.74 Å². The van der Waals surface area contributed by atoms with E-state index < -0.39 is 23.4 Å². The fourth-order valence-corrected chi connectivity index (χ4v) is 3.68. The van der Waals surface area contributed by atoms with E-state index in [-0.39, 0.29) is 11.9 Å². The largest absolute Gasteiger partial charge is 0.444 e. The number of alkyl halides is 3. The Morgan fingerprint density at radius 2 is 1.77 bits per heavy atom. The minimum atomic E-state index is -4.42. The zero-order valence-electron chi connectivity index (χ0n) is 20.7. The van der Waals surface area contributed by atoms with Gasteiger partial charge in [0.25, 0.3) is 5.91 Å². The summed E-state index contributed by atoms with van der Waals surface area (Å²) in [4.78, 5) is 34.3. The highest BCUT2D eigenvalue weighted by Crippen LogP contribution is 2.29. The number of nitrogens with zero attached hydrogens (tertiary/aromatic N) is 5. The van der Waals surface area contributed by atoms with Gasteiger partial charge in [-0.25, -0.2) is 9.78 Å². The number of carbonyl (C=O) groups excluding carboxylic acids is 2. The number of amides is 2. The maximum Gasteiger partial charge on any atom is 0.417 e. The normalized spacial score (nSPS) is 15.7. The Balaban J connectivity index is 1.53. The maximum atomic E-state index is 13.0. The number of carbonyl (C=O) groups is 2. The molecule has 1 saturated heterocycles. The smallest absolute Gasteiger partial charge is 0.417 e. The number of anilines is 1. The van der Waals surface area contributed by atoms with Crippen LogP contribution < -0.4 is 4.90 Å². The van der Waals surface area contributed by atoms with Crippen LogP contribution >= 0.6 is 0 Å². The molecule has 2 amide bonds. The van der Waals surface area contributed by atoms with Gasteiger partial charge in [0.1, 0.15) is 11.4 Å². The minimum Gasteiger partial charge on any atom is -0.444 e. The first-order chi connectivity index (χ1) is 16.2. The van der Waals surface area contributed by atoms with Gasteiger partial charge in [0, 0.05) is 64.4 Å². The third-order valence-electron chi connectivity index (χ3n) is 5.78. The van der Waals surface area contributed by atoms with E-state index in [0.29, 0.717) is 44.1 Å². The van der Waals surface area contributed by atoms with Gasteiger partial charge in [-0.15, -0.1) is 0 Å². The number of piperazine rings is 1. The van der Waals surface area contributed by atoms with Crippen LogP contribution in [0.2, 0.25) is 0 Å². The van der Waals surface area contributed by atoms with Crippen molar-refractivity contribution in [1.29, 1.82) is 0 Å². The molecule has 0 bridgehead atoms. The van der Waals surface area contributed by atoms with Gasteiger partial charge in [0.2, 0.25) is 0 Å². The van der Waals surface area contributed by atoms with Gasteiger partial charge >= 0.3 is 12.3 Å². The highest BCUT2D eigenvalue weighted by atomic mass is 19.4. The predicted molar refractivity (Wildman–Crippen MR) is 125 cm³/mol. The Morgan fingerprint density at radius 3 is 2.31 bits per heavy atom. The van der Waals surface area contributed by atoms with Crippen molar-refractivity contribution in [3.8, 4) is 0 Å². The molecule has 0 unspecified atom stereocenters. The molecular formula is C24H32F3N5O3. The number of rotatable bonds is 5. The highest BCUT2D eigenvalue weighted by molar-refractivity contribution is 5.94. The summed E-state index contributed by atoms with van der Waals surface area (Å²) in [7, 11) is 1.68. The summed E-state index contributed by atoms with van der Waals surface area (Å²) in [5, 5.41) is 0. The van der Waals surface area contributed by atoms with Crippen molar-refractivity contribution in [1.82, 2.24) is 19.4 Å². The van der Waals surface area contributed by atoms with Crippen LogP contribution in [0.5, 0.6) is 0 Å². The maximum absolute atomic E-state index is 13.0. The minimum absolute atomic E-state index is 0.114. The first kappa shape index (κ1) is 26.4. The topological polar surface area (TPSA) is 70.9 Å². The first-order valence-corrected chi connectivity index (χ1v) is 11.4. The van der Waals surface area contributed by atoms with Gasteiger partial charge in [-0.1, -0.05) is 0 Å². The molecule has 1 aliphatic heterocycles. The summed E-state index contributed by atoms with van der Waals surface area (Å²) in [6.07, 6.45) is -0.443. The molecule has 11 heteroatoms. The molecule has 0 aromatic carbocycles. The van der Waals surface area contributed by atoms with Crippen LogP contribution in [-0.4, -0.2) is 76.2 Å². The molecule has 192 valence electrons. The van der Waals surface area contributed by atoms with E-state index in [0.717, 1.165) is 12.3 Å². The van der Waals surface area contributed by atoms with E-state index >= 15 is 0 Å². The number of aromatic nitrogens is 2. The fraction of sp³-hybridized carbons (Fsp3) is 0.542. The average Bonchev–Trinajstić information content (AvgIpc) is 3.25. The quantitative estimate of drug-likeness (QED) is 0.624. The Bertz CT molecular complexity index is 1020. The molecule has 0 N–H and O–H groups in total. The van der Waals surface area contributed by atoms with E-state index in [2.05, 4.69) is 4.98 Å². The van der Waals surface area contributed by atoms with Crippen LogP contribution in [-0.2, 0) is 17.5 Å². The van der Waals surface area contributed by atoms with Crippen LogP contribution in [0.15, 0.2) is 36.8 Å². The molecule has 1 aliphatic rings. The summed E-state index contributed by atoms with van der Waals surface area (Å²) in [6.45, 7) is 9.66. The van der Waals surface area contributed by atoms with Gasteiger partial charge in [0.05, 0.1) is 11.1 Å². The lowest BCUT2D eigenvalue weighted by Gasteiger charge is -2.35. The molecule has 0 saturated carbocycles. The predicted octanol–water partition coefficient (Wildman–Crippen LogP) is 4.12. The second-order valence-electron chi connectivity index (χ2n) is 9.72. The Hall–Kier alpha value is -3.24. The lowest BCUT2D eigenvalue weighted by molar-refractivity contribution is -0.137. The lowest BCUT2D eigenvalue weighted by Crippen LogP contribution is -2.49. The number of hydrogen-bond acceptors (Lipinski definition) is 5. The lowest BCUT2D eigenvalue weighted by atomic mass is 10.2. The van der Waals surface area contributed by atoms with Crippen LogP contribution in [0.3, 0.4) is 0 Å². The van der Waals surface area contributed by atoms with Crippen LogP contribution in [0, 0.1) is 0 Å². The molecule has 1 atom stereocenters. The highest BCUT2D eigenvalue weighted by Gasteiger charge is 2.31. The van der Waals surface area contributed by atoms with E-state index in [1.54, 1.807) is 30.4 Å². The van der Waals surface area contributed by atoms with Crippen molar-refractivity contribution in [2.75, 3.05) is 38.1 Å². The second-order valence-corrected chi connectivity index (χ2v) is 9.72. The van der Waals surface area contributed by atoms with Gasteiger partial charge in [0.15, 0.2) is 0 Å². The molecule has 3 heterocycles. The summed E-state index contributed by atoms with van der Waals surface area (Å²) in [5.41, 5.74) is -0.825. The number of ether oxygens (including phenoxy) is 1. The Morgan fingerprint density at radius 1 is 1.11 bits per heavy atom. The van der Waals surface area contributed by atoms with E-state index in [1.807, 2.05) is 37.2 Å². The monoisotopic (exact) mass is 495 g/mol. The molecule has 1 fully saturated rings. The van der Waals surface area contributed by atoms with E-state index in [9.17, 15) is 22.8 Å². The number of pyridine rings is 1. The second kappa shape index (κ2) is 10.2. The zero-order chi connectivity index (χ0) is 26.0. The van der Waals surface area contributed by atoms with Crippen molar-refractivity contribution < 1.29 is 27.5 Å². The molecule has 2 aromatic rings. The Kier molecular flexibility index (Phi) is 7.66. The molecule has 3 rings (SSSR count). The summed E-state index contributed by atoms with van der Waals surface area (Å²) in [6, 6.07) is 3.96. The van der Waals surface area contributed by atoms with Gasteiger partial charge in [-0.2, -0.15) is 13.2 Å². The molecule has 0 aliphatic carbocycles. The van der Waals surface area contributed by atoms with Gasteiger partial charge < -0.3 is 24.0 Å². The SMILES string of the molecule is C[C@@H](Cn1ccc(C(=O)N2CCN(c3ccc(C(F)(F)F)cn3)CC2)c1)N(C)C(=O)OC(C)(C)C. The molecule has 0 radical (unpaired) electrons. The summed E-state index contributed by atoms with van der Waals surface area (Å²) < 4.78 is 45.5. The van der Waals surface area contributed by atoms with Crippen molar-refractivity contribution in [2.45, 2.75) is 52.1 Å². The average molecular weight is 496 g/mol. The van der Waals surface area contributed by atoms with Crippen molar-refractivity contribution >= 4 is 17.8 Å². The van der Waals surface area contributed by atoms with Gasteiger partial charge in [-0.05, 0) is 45.9 Å². The molecule has 0 spiro atoms. The molecular weight excluding hydrogens is 463 g/mol.